The van der Waals surface area contributed by atoms with E-state index in [0.717, 1.165) is 12.5 Å². The molecule has 2 heteroatoms. The van der Waals surface area contributed by atoms with Crippen LogP contribution in [0.3, 0.4) is 0 Å². The molecule has 1 aliphatic carbocycles. The molecular weight excluding hydrogens is 162 g/mol. The molecule has 1 N–H and O–H groups in total. The summed E-state index contributed by atoms with van der Waals surface area (Å²) >= 11 is 0. The van der Waals surface area contributed by atoms with E-state index in [1.807, 2.05) is 12.3 Å². The second kappa shape index (κ2) is 4.47. The van der Waals surface area contributed by atoms with Gasteiger partial charge >= 0.3 is 0 Å². The Morgan fingerprint density at radius 3 is 2.92 bits per heavy atom. The third kappa shape index (κ3) is 2.59. The van der Waals surface area contributed by atoms with Gasteiger partial charge in [0.25, 0.3) is 0 Å². The predicted molar refractivity (Wildman–Crippen MR) is 52.4 cm³/mol. The maximum atomic E-state index is 5.00. The molecule has 0 saturated heterocycles. The van der Waals surface area contributed by atoms with Crippen LogP contribution in [-0.4, -0.2) is 6.54 Å². The molecule has 1 fully saturated rings. The van der Waals surface area contributed by atoms with Gasteiger partial charge in [0, 0.05) is 12.1 Å². The van der Waals surface area contributed by atoms with Gasteiger partial charge in [-0.2, -0.15) is 0 Å². The molecule has 0 bridgehead atoms. The fourth-order valence-corrected chi connectivity index (χ4v) is 2.03. The SMILES string of the molecule is c1cc(CNCC2CCCC2)co1. The van der Waals surface area contributed by atoms with Crippen LogP contribution in [0.25, 0.3) is 0 Å². The molecule has 1 aliphatic rings. The zero-order chi connectivity index (χ0) is 8.93. The van der Waals surface area contributed by atoms with Crippen molar-refractivity contribution in [3.05, 3.63) is 24.2 Å². The first kappa shape index (κ1) is 8.82. The van der Waals surface area contributed by atoms with Gasteiger partial charge in [0.05, 0.1) is 12.5 Å². The molecule has 1 aromatic heterocycles. The lowest BCUT2D eigenvalue weighted by Crippen LogP contribution is -2.20. The summed E-state index contributed by atoms with van der Waals surface area (Å²) in [5.41, 5.74) is 1.25. The first-order valence-corrected chi connectivity index (χ1v) is 5.17. The summed E-state index contributed by atoms with van der Waals surface area (Å²) in [4.78, 5) is 0. The van der Waals surface area contributed by atoms with Crippen LogP contribution < -0.4 is 5.32 Å². The summed E-state index contributed by atoms with van der Waals surface area (Å²) in [6.45, 7) is 2.12. The van der Waals surface area contributed by atoms with Crippen molar-refractivity contribution < 1.29 is 4.42 Å². The van der Waals surface area contributed by atoms with Gasteiger partial charge in [-0.05, 0) is 31.4 Å². The second-order valence-electron chi connectivity index (χ2n) is 3.91. The number of hydrogen-bond acceptors (Lipinski definition) is 2. The second-order valence-corrected chi connectivity index (χ2v) is 3.91. The lowest BCUT2D eigenvalue weighted by atomic mass is 10.1. The van der Waals surface area contributed by atoms with E-state index in [-0.39, 0.29) is 0 Å². The standard InChI is InChI=1S/C11H17NO/c1-2-4-10(3-1)7-12-8-11-5-6-13-9-11/h5-6,9-10,12H,1-4,7-8H2. The molecular formula is C11H17NO. The fourth-order valence-electron chi connectivity index (χ4n) is 2.03. The fraction of sp³-hybridized carbons (Fsp3) is 0.636. The third-order valence-electron chi connectivity index (χ3n) is 2.82. The lowest BCUT2D eigenvalue weighted by Gasteiger charge is -2.08. The van der Waals surface area contributed by atoms with Crippen molar-refractivity contribution in [1.82, 2.24) is 5.32 Å². The van der Waals surface area contributed by atoms with Crippen LogP contribution in [0.1, 0.15) is 31.2 Å². The van der Waals surface area contributed by atoms with Crippen molar-refractivity contribution in [1.29, 1.82) is 0 Å². The molecule has 13 heavy (non-hydrogen) atoms. The predicted octanol–water partition coefficient (Wildman–Crippen LogP) is 2.56. The van der Waals surface area contributed by atoms with E-state index in [9.17, 15) is 0 Å². The monoisotopic (exact) mass is 179 g/mol. The summed E-state index contributed by atoms with van der Waals surface area (Å²) < 4.78 is 5.00. The van der Waals surface area contributed by atoms with Gasteiger partial charge in [0.1, 0.15) is 0 Å². The maximum absolute atomic E-state index is 5.00. The third-order valence-corrected chi connectivity index (χ3v) is 2.82. The smallest absolute Gasteiger partial charge is 0.0947 e. The Morgan fingerprint density at radius 1 is 1.38 bits per heavy atom. The summed E-state index contributed by atoms with van der Waals surface area (Å²) in [6, 6.07) is 2.02. The highest BCUT2D eigenvalue weighted by atomic mass is 16.3. The van der Waals surface area contributed by atoms with Crippen molar-refractivity contribution in [3.8, 4) is 0 Å². The molecule has 0 atom stereocenters. The molecule has 0 aromatic carbocycles. The number of furan rings is 1. The summed E-state index contributed by atoms with van der Waals surface area (Å²) in [6.07, 6.45) is 9.22. The van der Waals surface area contributed by atoms with Gasteiger partial charge in [-0.25, -0.2) is 0 Å². The molecule has 0 radical (unpaired) electrons. The molecule has 72 valence electrons. The Balaban J connectivity index is 1.63. The van der Waals surface area contributed by atoms with Crippen molar-refractivity contribution in [2.75, 3.05) is 6.54 Å². The zero-order valence-corrected chi connectivity index (χ0v) is 7.96. The Bertz CT molecular complexity index is 224. The molecule has 2 nitrogen and oxygen atoms in total. The average Bonchev–Trinajstić information content (AvgIpc) is 2.75. The summed E-state index contributed by atoms with van der Waals surface area (Å²) in [5.74, 6) is 0.923. The Hall–Kier alpha value is -0.760. The summed E-state index contributed by atoms with van der Waals surface area (Å²) in [5, 5.41) is 3.47. The first-order chi connectivity index (χ1) is 6.45. The van der Waals surface area contributed by atoms with Crippen molar-refractivity contribution in [2.45, 2.75) is 32.2 Å². The zero-order valence-electron chi connectivity index (χ0n) is 7.96. The van der Waals surface area contributed by atoms with Gasteiger partial charge in [-0.3, -0.25) is 0 Å². The molecule has 0 aliphatic heterocycles. The highest BCUT2D eigenvalue weighted by Gasteiger charge is 2.13. The highest BCUT2D eigenvalue weighted by molar-refractivity contribution is 5.04. The van der Waals surface area contributed by atoms with E-state index in [1.54, 1.807) is 6.26 Å². The molecule has 1 saturated carbocycles. The molecule has 1 aromatic rings. The Labute approximate surface area is 79.3 Å². The molecule has 0 spiro atoms. The van der Waals surface area contributed by atoms with E-state index in [2.05, 4.69) is 5.32 Å². The van der Waals surface area contributed by atoms with Crippen LogP contribution in [0, 0.1) is 5.92 Å². The van der Waals surface area contributed by atoms with Crippen LogP contribution in [-0.2, 0) is 6.54 Å². The van der Waals surface area contributed by atoms with Gasteiger partial charge in [0.2, 0.25) is 0 Å². The van der Waals surface area contributed by atoms with Gasteiger partial charge < -0.3 is 9.73 Å². The minimum Gasteiger partial charge on any atom is -0.472 e. The largest absolute Gasteiger partial charge is 0.472 e. The molecule has 0 amide bonds. The van der Waals surface area contributed by atoms with Crippen LogP contribution in [0.4, 0.5) is 0 Å². The van der Waals surface area contributed by atoms with Crippen molar-refractivity contribution in [3.63, 3.8) is 0 Å². The van der Waals surface area contributed by atoms with E-state index >= 15 is 0 Å². The van der Waals surface area contributed by atoms with Gasteiger partial charge in [-0.15, -0.1) is 0 Å². The molecule has 2 rings (SSSR count). The number of hydrogen-bond donors (Lipinski definition) is 1. The average molecular weight is 179 g/mol. The number of nitrogens with one attached hydrogen (secondary N) is 1. The van der Waals surface area contributed by atoms with Crippen molar-refractivity contribution >= 4 is 0 Å². The number of rotatable bonds is 4. The van der Waals surface area contributed by atoms with Crippen molar-refractivity contribution in [2.24, 2.45) is 5.92 Å². The summed E-state index contributed by atoms with van der Waals surface area (Å²) in [7, 11) is 0. The van der Waals surface area contributed by atoms with Gasteiger partial charge in [0.15, 0.2) is 0 Å². The van der Waals surface area contributed by atoms with Crippen LogP contribution in [0.15, 0.2) is 23.0 Å². The molecule has 0 unspecified atom stereocenters. The first-order valence-electron chi connectivity index (χ1n) is 5.17. The topological polar surface area (TPSA) is 25.2 Å². The van der Waals surface area contributed by atoms with E-state index in [0.29, 0.717) is 0 Å². The van der Waals surface area contributed by atoms with E-state index in [4.69, 9.17) is 4.42 Å². The van der Waals surface area contributed by atoms with Crippen LogP contribution >= 0.6 is 0 Å². The minimum absolute atomic E-state index is 0.923. The molecule has 1 heterocycles. The normalized spacial score (nSPS) is 18.2. The van der Waals surface area contributed by atoms with E-state index in [1.165, 1.54) is 37.8 Å². The van der Waals surface area contributed by atoms with E-state index < -0.39 is 0 Å². The highest BCUT2D eigenvalue weighted by Crippen LogP contribution is 2.23. The van der Waals surface area contributed by atoms with Gasteiger partial charge in [-0.1, -0.05) is 12.8 Å². The Kier molecular flexibility index (Phi) is 3.03. The maximum Gasteiger partial charge on any atom is 0.0947 e. The minimum atomic E-state index is 0.923. The lowest BCUT2D eigenvalue weighted by molar-refractivity contribution is 0.487. The Morgan fingerprint density at radius 2 is 2.23 bits per heavy atom. The van der Waals surface area contributed by atoms with Crippen LogP contribution in [0.5, 0.6) is 0 Å². The quantitative estimate of drug-likeness (QED) is 0.768. The van der Waals surface area contributed by atoms with Crippen LogP contribution in [0.2, 0.25) is 0 Å².